The molecule has 1 amide bonds. The molecule has 5 rings (SSSR count). The molecule has 1 fully saturated rings. The van der Waals surface area contributed by atoms with Crippen LogP contribution in [0.25, 0.3) is 16.7 Å². The first-order chi connectivity index (χ1) is 17.1. The lowest BCUT2D eigenvalue weighted by Crippen LogP contribution is -2.39. The molecule has 9 nitrogen and oxygen atoms in total. The number of carbonyl (C=O) groups is 1. The van der Waals surface area contributed by atoms with E-state index in [-0.39, 0.29) is 17.6 Å². The first-order valence-corrected chi connectivity index (χ1v) is 11.8. The van der Waals surface area contributed by atoms with Gasteiger partial charge >= 0.3 is 0 Å². The fourth-order valence-corrected chi connectivity index (χ4v) is 4.66. The fourth-order valence-electron chi connectivity index (χ4n) is 4.66. The highest BCUT2D eigenvalue weighted by Gasteiger charge is 2.21. The van der Waals surface area contributed by atoms with Crippen LogP contribution >= 0.6 is 0 Å². The number of anilines is 2. The topological polar surface area (TPSA) is 90.1 Å². The van der Waals surface area contributed by atoms with Gasteiger partial charge in [0.1, 0.15) is 17.0 Å². The maximum Gasteiger partial charge on any atom is 0.272 e. The van der Waals surface area contributed by atoms with Gasteiger partial charge in [0.05, 0.1) is 18.1 Å². The first-order valence-electron chi connectivity index (χ1n) is 11.8. The Morgan fingerprint density at radius 3 is 2.77 bits per heavy atom. The van der Waals surface area contributed by atoms with Gasteiger partial charge < -0.3 is 24.3 Å². The summed E-state index contributed by atoms with van der Waals surface area (Å²) < 4.78 is 14.0. The van der Waals surface area contributed by atoms with Gasteiger partial charge in [0, 0.05) is 51.4 Å². The minimum absolute atomic E-state index is 0.212. The van der Waals surface area contributed by atoms with E-state index in [2.05, 4.69) is 15.2 Å². The Labute approximate surface area is 202 Å². The van der Waals surface area contributed by atoms with E-state index in [1.807, 2.05) is 30.3 Å². The number of benzene rings is 1. The lowest BCUT2D eigenvalue weighted by Gasteiger charge is -2.33. The van der Waals surface area contributed by atoms with Crippen LogP contribution < -0.4 is 15.8 Å². The molecule has 1 N–H and O–H groups in total. The lowest BCUT2D eigenvalue weighted by molar-refractivity contribution is 0.0893. The molecular formula is C26H29N5O4. The van der Waals surface area contributed by atoms with E-state index in [9.17, 15) is 9.59 Å². The lowest BCUT2D eigenvalue weighted by atomic mass is 10.1. The number of ether oxygens (including phenoxy) is 2. The predicted molar refractivity (Wildman–Crippen MR) is 135 cm³/mol. The van der Waals surface area contributed by atoms with Crippen molar-refractivity contribution in [3.05, 3.63) is 70.8 Å². The third-order valence-electron chi connectivity index (χ3n) is 6.53. The summed E-state index contributed by atoms with van der Waals surface area (Å²) in [5.41, 5.74) is 2.92. The monoisotopic (exact) mass is 475 g/mol. The Bertz CT molecular complexity index is 1410. The number of piperidine rings is 1. The van der Waals surface area contributed by atoms with E-state index in [4.69, 9.17) is 9.47 Å². The molecule has 4 heterocycles. The molecule has 0 aliphatic carbocycles. The average Bonchev–Trinajstić information content (AvgIpc) is 3.27. The van der Waals surface area contributed by atoms with Crippen LogP contribution in [0.1, 0.15) is 23.3 Å². The molecule has 0 spiro atoms. The number of hydrogen-bond donors (Lipinski definition) is 1. The molecule has 1 atom stereocenters. The highest BCUT2D eigenvalue weighted by Crippen LogP contribution is 2.24. The zero-order valence-electron chi connectivity index (χ0n) is 19.9. The Morgan fingerprint density at radius 2 is 2.00 bits per heavy atom. The number of hydrogen-bond acceptors (Lipinski definition) is 6. The summed E-state index contributed by atoms with van der Waals surface area (Å²) in [5, 5.41) is 3.36. The minimum atomic E-state index is -0.308. The summed E-state index contributed by atoms with van der Waals surface area (Å²) in [5.74, 6) is -0.308. The average molecular weight is 476 g/mol. The maximum absolute atomic E-state index is 13.3. The summed E-state index contributed by atoms with van der Waals surface area (Å²) >= 11 is 0. The molecule has 182 valence electrons. The van der Waals surface area contributed by atoms with Crippen molar-refractivity contribution in [1.29, 1.82) is 0 Å². The number of amides is 1. The van der Waals surface area contributed by atoms with E-state index in [1.54, 1.807) is 43.2 Å². The van der Waals surface area contributed by atoms with Gasteiger partial charge in [-0.05, 0) is 55.3 Å². The first kappa shape index (κ1) is 23.1. The Kier molecular flexibility index (Phi) is 6.52. The van der Waals surface area contributed by atoms with Crippen molar-refractivity contribution < 1.29 is 14.3 Å². The second-order valence-corrected chi connectivity index (χ2v) is 8.70. The van der Waals surface area contributed by atoms with Crippen molar-refractivity contribution in [2.45, 2.75) is 25.5 Å². The Hall–Kier alpha value is -3.69. The van der Waals surface area contributed by atoms with Gasteiger partial charge in [-0.2, -0.15) is 0 Å². The van der Waals surface area contributed by atoms with Crippen molar-refractivity contribution in [1.82, 2.24) is 14.0 Å². The van der Waals surface area contributed by atoms with Gasteiger partial charge in [0.25, 0.3) is 11.5 Å². The Balaban J connectivity index is 1.43. The smallest absolute Gasteiger partial charge is 0.272 e. The molecule has 3 aromatic heterocycles. The molecule has 1 unspecified atom stereocenters. The summed E-state index contributed by atoms with van der Waals surface area (Å²) in [6.45, 7) is 2.63. The molecule has 4 aromatic rings. The van der Waals surface area contributed by atoms with E-state index < -0.39 is 0 Å². The quantitative estimate of drug-likeness (QED) is 0.442. The van der Waals surface area contributed by atoms with Gasteiger partial charge in [0.2, 0.25) is 0 Å². The van der Waals surface area contributed by atoms with Crippen LogP contribution in [0.3, 0.4) is 0 Å². The van der Waals surface area contributed by atoms with Crippen molar-refractivity contribution in [2.24, 2.45) is 0 Å². The van der Waals surface area contributed by atoms with Crippen LogP contribution in [-0.4, -0.2) is 59.9 Å². The van der Waals surface area contributed by atoms with E-state index in [0.29, 0.717) is 41.2 Å². The zero-order chi connectivity index (χ0) is 24.4. The van der Waals surface area contributed by atoms with Gasteiger partial charge in [-0.15, -0.1) is 0 Å². The standard InChI is InChI=1S/C26H29N5O4/c1-34-15-14-30-22(16-21-24(30)28-23-7-3-4-13-31(23)26(21)33)25(32)27-18-8-10-19(11-9-18)29-12-5-6-20(17-29)35-2/h3-4,7-11,13,16,20H,5-6,12,14-15,17H2,1-2H3,(H,27,32). The van der Waals surface area contributed by atoms with Gasteiger partial charge in [-0.25, -0.2) is 4.98 Å². The van der Waals surface area contributed by atoms with Crippen LogP contribution in [0.2, 0.25) is 0 Å². The molecule has 0 radical (unpaired) electrons. The van der Waals surface area contributed by atoms with Crippen LogP contribution in [0, 0.1) is 0 Å². The number of methoxy groups -OCH3 is 2. The summed E-state index contributed by atoms with van der Waals surface area (Å²) in [7, 11) is 3.35. The molecular weight excluding hydrogens is 446 g/mol. The van der Waals surface area contributed by atoms with Crippen LogP contribution in [-0.2, 0) is 16.0 Å². The molecule has 35 heavy (non-hydrogen) atoms. The molecule has 1 aliphatic heterocycles. The van der Waals surface area contributed by atoms with Crippen molar-refractivity contribution >= 4 is 34.0 Å². The second-order valence-electron chi connectivity index (χ2n) is 8.70. The van der Waals surface area contributed by atoms with Crippen LogP contribution in [0.5, 0.6) is 0 Å². The number of pyridine rings is 1. The molecule has 1 aromatic carbocycles. The number of aromatic nitrogens is 3. The number of carbonyl (C=O) groups excluding carboxylic acids is 1. The summed E-state index contributed by atoms with van der Waals surface area (Å²) in [6.07, 6.45) is 4.08. The number of nitrogens with one attached hydrogen (secondary N) is 1. The molecule has 0 saturated carbocycles. The highest BCUT2D eigenvalue weighted by molar-refractivity contribution is 6.06. The van der Waals surface area contributed by atoms with E-state index >= 15 is 0 Å². The number of fused-ring (bicyclic) bond motifs is 2. The molecule has 9 heteroatoms. The SMILES string of the molecule is COCCn1c(C(=O)Nc2ccc(N3CCCC(OC)C3)cc2)cc2c(=O)n3ccccc3nc21. The van der Waals surface area contributed by atoms with Crippen molar-refractivity contribution in [3.8, 4) is 0 Å². The van der Waals surface area contributed by atoms with Crippen LogP contribution in [0.4, 0.5) is 11.4 Å². The summed E-state index contributed by atoms with van der Waals surface area (Å²) in [6, 6.07) is 14.8. The minimum Gasteiger partial charge on any atom is -0.383 e. The van der Waals surface area contributed by atoms with E-state index in [0.717, 1.165) is 31.6 Å². The maximum atomic E-state index is 13.3. The predicted octanol–water partition coefficient (Wildman–Crippen LogP) is 3.16. The molecule has 0 bridgehead atoms. The fraction of sp³-hybridized carbons (Fsp3) is 0.346. The van der Waals surface area contributed by atoms with Crippen molar-refractivity contribution in [3.63, 3.8) is 0 Å². The van der Waals surface area contributed by atoms with Gasteiger partial charge in [-0.1, -0.05) is 6.07 Å². The zero-order valence-corrected chi connectivity index (χ0v) is 19.9. The number of rotatable bonds is 7. The van der Waals surface area contributed by atoms with Gasteiger partial charge in [0.15, 0.2) is 0 Å². The third-order valence-corrected chi connectivity index (χ3v) is 6.53. The Morgan fingerprint density at radius 1 is 1.17 bits per heavy atom. The number of nitrogens with zero attached hydrogens (tertiary/aromatic N) is 4. The third kappa shape index (κ3) is 4.52. The summed E-state index contributed by atoms with van der Waals surface area (Å²) in [4.78, 5) is 33.3. The molecule has 1 saturated heterocycles. The van der Waals surface area contributed by atoms with Gasteiger partial charge in [-0.3, -0.25) is 14.0 Å². The van der Waals surface area contributed by atoms with Crippen molar-refractivity contribution in [2.75, 3.05) is 44.1 Å². The van der Waals surface area contributed by atoms with Crippen LogP contribution in [0.15, 0.2) is 59.5 Å². The normalized spacial score (nSPS) is 16.2. The van der Waals surface area contributed by atoms with E-state index in [1.165, 1.54) is 4.40 Å². The second kappa shape index (κ2) is 9.89. The highest BCUT2D eigenvalue weighted by atomic mass is 16.5. The molecule has 1 aliphatic rings. The largest absolute Gasteiger partial charge is 0.383 e.